The molecule has 0 saturated carbocycles. The Morgan fingerprint density at radius 2 is 1.35 bits per heavy atom. The van der Waals surface area contributed by atoms with E-state index in [-0.39, 0.29) is 6.03 Å². The molecule has 0 atom stereocenters. The van der Waals surface area contributed by atoms with Crippen molar-refractivity contribution in [2.24, 2.45) is 5.73 Å². The van der Waals surface area contributed by atoms with Gasteiger partial charge in [-0.3, -0.25) is 0 Å². The van der Waals surface area contributed by atoms with Gasteiger partial charge in [0.1, 0.15) is 0 Å². The summed E-state index contributed by atoms with van der Waals surface area (Å²) in [6, 6.07) is -0.576. The van der Waals surface area contributed by atoms with Gasteiger partial charge in [-0.15, -0.1) is 0 Å². The molecule has 0 aliphatic heterocycles. The van der Waals surface area contributed by atoms with Gasteiger partial charge in [0.2, 0.25) is 0 Å². The summed E-state index contributed by atoms with van der Waals surface area (Å²) < 4.78 is 0. The molecule has 0 unspecified atom stereocenters. The number of hydrogen-bond acceptors (Lipinski definition) is 2. The Bertz CT molecular complexity index is 222. The lowest BCUT2D eigenvalue weighted by atomic mass is 10.1. The van der Waals surface area contributed by atoms with Crippen LogP contribution in [0.25, 0.3) is 0 Å². The van der Waals surface area contributed by atoms with Crippen molar-refractivity contribution in [2.75, 3.05) is 20.1 Å². The molecular weight excluding hydrogens is 220 g/mol. The summed E-state index contributed by atoms with van der Waals surface area (Å²) in [6.45, 7) is 1.39. The first-order valence-corrected chi connectivity index (χ1v) is 6.15. The minimum absolute atomic E-state index is 0.123. The summed E-state index contributed by atoms with van der Waals surface area (Å²) in [5.74, 6) is 0. The van der Waals surface area contributed by atoms with E-state index >= 15 is 0 Å². The summed E-state index contributed by atoms with van der Waals surface area (Å²) in [4.78, 5) is 21.2. The molecule has 4 amide bonds. The maximum Gasteiger partial charge on any atom is 0.314 e. The van der Waals surface area contributed by atoms with Crippen LogP contribution in [0.4, 0.5) is 9.59 Å². The zero-order valence-corrected chi connectivity index (χ0v) is 10.6. The molecule has 17 heavy (non-hydrogen) atoms. The molecular formula is C11H24N4O2. The zero-order valence-electron chi connectivity index (χ0n) is 10.6. The fourth-order valence-electron chi connectivity index (χ4n) is 1.46. The van der Waals surface area contributed by atoms with Crippen LogP contribution in [0.15, 0.2) is 0 Å². The van der Waals surface area contributed by atoms with E-state index in [2.05, 4.69) is 16.0 Å². The number of carbonyl (C=O) groups excluding carboxylic acids is 2. The van der Waals surface area contributed by atoms with E-state index in [4.69, 9.17) is 5.73 Å². The van der Waals surface area contributed by atoms with Gasteiger partial charge in [-0.25, -0.2) is 9.59 Å². The lowest BCUT2D eigenvalue weighted by Gasteiger charge is -2.04. The molecule has 5 N–H and O–H groups in total. The Kier molecular flexibility index (Phi) is 10.1. The standard InChI is InChI=1S/C11H24N4O2/c1-13-11(17)15-9-7-5-3-2-4-6-8-14-10(12)16/h2-9H2,1H3,(H3,12,14,16)(H2,13,15,17). The minimum Gasteiger partial charge on any atom is -0.352 e. The van der Waals surface area contributed by atoms with Crippen LogP contribution < -0.4 is 21.7 Å². The van der Waals surface area contributed by atoms with Crippen LogP contribution in [0.5, 0.6) is 0 Å². The third-order valence-electron chi connectivity index (χ3n) is 2.42. The highest BCUT2D eigenvalue weighted by atomic mass is 16.2. The van der Waals surface area contributed by atoms with Gasteiger partial charge in [0.15, 0.2) is 0 Å². The first-order valence-electron chi connectivity index (χ1n) is 6.15. The van der Waals surface area contributed by atoms with E-state index in [1.807, 2.05) is 0 Å². The SMILES string of the molecule is CNC(=O)NCCCCCCCCNC(N)=O. The number of amides is 4. The number of rotatable bonds is 9. The molecule has 0 aromatic carbocycles. The predicted molar refractivity (Wildman–Crippen MR) is 67.7 cm³/mol. The van der Waals surface area contributed by atoms with Gasteiger partial charge in [0, 0.05) is 20.1 Å². The van der Waals surface area contributed by atoms with Gasteiger partial charge in [-0.2, -0.15) is 0 Å². The normalized spacial score (nSPS) is 9.71. The topological polar surface area (TPSA) is 96.2 Å². The summed E-state index contributed by atoms with van der Waals surface area (Å²) in [6.07, 6.45) is 6.51. The van der Waals surface area contributed by atoms with Gasteiger partial charge < -0.3 is 21.7 Å². The fourth-order valence-corrected chi connectivity index (χ4v) is 1.46. The maximum atomic E-state index is 10.8. The monoisotopic (exact) mass is 244 g/mol. The van der Waals surface area contributed by atoms with Crippen molar-refractivity contribution >= 4 is 12.1 Å². The molecule has 0 aliphatic rings. The van der Waals surface area contributed by atoms with Gasteiger partial charge in [0.05, 0.1) is 0 Å². The second-order valence-electron chi connectivity index (χ2n) is 3.92. The Labute approximate surface area is 103 Å². The average molecular weight is 244 g/mol. The van der Waals surface area contributed by atoms with Crippen LogP contribution in [0.1, 0.15) is 38.5 Å². The van der Waals surface area contributed by atoms with Crippen molar-refractivity contribution < 1.29 is 9.59 Å². The van der Waals surface area contributed by atoms with E-state index in [0.717, 1.165) is 45.1 Å². The van der Waals surface area contributed by atoms with E-state index in [9.17, 15) is 9.59 Å². The maximum absolute atomic E-state index is 10.8. The first-order chi connectivity index (χ1) is 8.16. The zero-order chi connectivity index (χ0) is 12.9. The minimum atomic E-state index is -0.453. The largest absolute Gasteiger partial charge is 0.352 e. The number of nitrogens with two attached hydrogens (primary N) is 1. The number of hydrogen-bond donors (Lipinski definition) is 4. The van der Waals surface area contributed by atoms with Gasteiger partial charge in [-0.1, -0.05) is 25.7 Å². The van der Waals surface area contributed by atoms with Crippen molar-refractivity contribution in [1.82, 2.24) is 16.0 Å². The van der Waals surface area contributed by atoms with E-state index in [0.29, 0.717) is 6.54 Å². The van der Waals surface area contributed by atoms with Crippen LogP contribution in [0, 0.1) is 0 Å². The van der Waals surface area contributed by atoms with Crippen LogP contribution in [-0.4, -0.2) is 32.2 Å². The van der Waals surface area contributed by atoms with Crippen LogP contribution in [-0.2, 0) is 0 Å². The van der Waals surface area contributed by atoms with Gasteiger partial charge in [0.25, 0.3) is 0 Å². The van der Waals surface area contributed by atoms with Gasteiger partial charge in [-0.05, 0) is 12.8 Å². The molecule has 0 aliphatic carbocycles. The van der Waals surface area contributed by atoms with E-state index < -0.39 is 6.03 Å². The lowest BCUT2D eigenvalue weighted by molar-refractivity contribution is 0.242. The number of urea groups is 2. The van der Waals surface area contributed by atoms with Crippen LogP contribution in [0.2, 0.25) is 0 Å². The molecule has 0 spiro atoms. The van der Waals surface area contributed by atoms with E-state index in [1.54, 1.807) is 7.05 Å². The highest BCUT2D eigenvalue weighted by Crippen LogP contribution is 2.04. The third kappa shape index (κ3) is 12.5. The summed E-state index contributed by atoms with van der Waals surface area (Å²) >= 11 is 0. The molecule has 0 fully saturated rings. The molecule has 0 bridgehead atoms. The molecule has 0 heterocycles. The highest BCUT2D eigenvalue weighted by molar-refractivity contribution is 5.73. The predicted octanol–water partition coefficient (Wildman–Crippen LogP) is 0.924. The third-order valence-corrected chi connectivity index (χ3v) is 2.42. The highest BCUT2D eigenvalue weighted by Gasteiger charge is 1.95. The number of unbranched alkanes of at least 4 members (excludes halogenated alkanes) is 5. The number of carbonyl (C=O) groups is 2. The molecule has 0 aromatic heterocycles. The Morgan fingerprint density at radius 3 is 1.82 bits per heavy atom. The summed E-state index contributed by atoms with van der Waals surface area (Å²) in [5.41, 5.74) is 4.93. The second kappa shape index (κ2) is 11.0. The second-order valence-corrected chi connectivity index (χ2v) is 3.92. The van der Waals surface area contributed by atoms with Gasteiger partial charge >= 0.3 is 12.1 Å². The van der Waals surface area contributed by atoms with Crippen molar-refractivity contribution in [1.29, 1.82) is 0 Å². The molecule has 0 saturated heterocycles. The fraction of sp³-hybridized carbons (Fsp3) is 0.818. The summed E-state index contributed by atoms with van der Waals surface area (Å²) in [5, 5.41) is 7.81. The average Bonchev–Trinajstić information content (AvgIpc) is 2.30. The van der Waals surface area contributed by atoms with Crippen molar-refractivity contribution in [3.05, 3.63) is 0 Å². The molecule has 0 radical (unpaired) electrons. The lowest BCUT2D eigenvalue weighted by Crippen LogP contribution is -2.33. The van der Waals surface area contributed by atoms with Crippen LogP contribution in [0.3, 0.4) is 0 Å². The molecule has 6 heteroatoms. The number of primary amides is 1. The van der Waals surface area contributed by atoms with Crippen molar-refractivity contribution in [3.8, 4) is 0 Å². The molecule has 0 rings (SSSR count). The van der Waals surface area contributed by atoms with E-state index in [1.165, 1.54) is 0 Å². The van der Waals surface area contributed by atoms with Crippen LogP contribution >= 0.6 is 0 Å². The first kappa shape index (κ1) is 15.5. The summed E-state index contributed by atoms with van der Waals surface area (Å²) in [7, 11) is 1.61. The Morgan fingerprint density at radius 1 is 0.882 bits per heavy atom. The van der Waals surface area contributed by atoms with Crippen molar-refractivity contribution in [2.45, 2.75) is 38.5 Å². The molecule has 0 aromatic rings. The quantitative estimate of drug-likeness (QED) is 0.454. The Hall–Kier alpha value is -1.46. The smallest absolute Gasteiger partial charge is 0.314 e. The molecule has 6 nitrogen and oxygen atoms in total. The number of nitrogens with one attached hydrogen (secondary N) is 3. The molecule has 100 valence electrons. The Balaban J connectivity index is 3.03. The van der Waals surface area contributed by atoms with Crippen molar-refractivity contribution in [3.63, 3.8) is 0 Å².